The topological polar surface area (TPSA) is 69.0 Å². The third kappa shape index (κ3) is 4.46. The Hall–Kier alpha value is -2.87. The van der Waals surface area contributed by atoms with E-state index < -0.39 is 0 Å². The largest absolute Gasteiger partial charge is 0.497 e. The highest BCUT2D eigenvalue weighted by Gasteiger charge is 2.14. The zero-order valence-electron chi connectivity index (χ0n) is 15.2. The Balaban J connectivity index is 1.65. The molecular formula is C19H19FN4O2S. The van der Waals surface area contributed by atoms with Crippen LogP contribution < -0.4 is 10.1 Å². The second-order valence-electron chi connectivity index (χ2n) is 5.89. The molecule has 3 rings (SSSR count). The molecule has 0 fully saturated rings. The summed E-state index contributed by atoms with van der Waals surface area (Å²) in [6.07, 6.45) is 0. The van der Waals surface area contributed by atoms with Gasteiger partial charge in [0.05, 0.1) is 12.9 Å². The highest BCUT2D eigenvalue weighted by Crippen LogP contribution is 2.24. The van der Waals surface area contributed by atoms with Crippen LogP contribution in [0.4, 0.5) is 10.1 Å². The van der Waals surface area contributed by atoms with Gasteiger partial charge in [-0.3, -0.25) is 4.79 Å². The van der Waals surface area contributed by atoms with Crippen LogP contribution in [0.2, 0.25) is 0 Å². The lowest BCUT2D eigenvalue weighted by atomic mass is 10.2. The summed E-state index contributed by atoms with van der Waals surface area (Å²) in [5.74, 6) is 0.981. The molecule has 3 aromatic rings. The lowest BCUT2D eigenvalue weighted by Crippen LogP contribution is -2.15. The van der Waals surface area contributed by atoms with Crippen molar-refractivity contribution in [1.82, 2.24) is 14.8 Å². The van der Waals surface area contributed by atoms with Crippen molar-refractivity contribution in [2.24, 2.45) is 7.05 Å². The van der Waals surface area contributed by atoms with Gasteiger partial charge in [0.1, 0.15) is 11.6 Å². The van der Waals surface area contributed by atoms with E-state index in [1.54, 1.807) is 13.2 Å². The highest BCUT2D eigenvalue weighted by molar-refractivity contribution is 7.99. The van der Waals surface area contributed by atoms with E-state index in [0.717, 1.165) is 16.9 Å². The van der Waals surface area contributed by atoms with E-state index in [1.165, 1.54) is 23.9 Å². The molecule has 0 atom stereocenters. The molecule has 1 N–H and O–H groups in total. The predicted molar refractivity (Wildman–Crippen MR) is 103 cm³/mol. The standard InChI is InChI=1S/C19H19FN4O2S/c1-12-4-7-14(20)10-16(12)21-17(25)11-27-19-23-22-18(24(19)2)13-5-8-15(26-3)9-6-13/h4-10H,11H2,1-3H3,(H,21,25). The molecule has 0 unspecified atom stereocenters. The lowest BCUT2D eigenvalue weighted by molar-refractivity contribution is -0.113. The molecule has 0 saturated heterocycles. The van der Waals surface area contributed by atoms with Crippen LogP contribution in [-0.4, -0.2) is 33.5 Å². The van der Waals surface area contributed by atoms with Crippen LogP contribution in [0.25, 0.3) is 11.4 Å². The first-order chi connectivity index (χ1) is 13.0. The number of halogens is 1. The lowest BCUT2D eigenvalue weighted by Gasteiger charge is -2.08. The molecule has 140 valence electrons. The number of hydrogen-bond donors (Lipinski definition) is 1. The van der Waals surface area contributed by atoms with Gasteiger partial charge < -0.3 is 14.6 Å². The van der Waals surface area contributed by atoms with Crippen molar-refractivity contribution in [1.29, 1.82) is 0 Å². The number of amides is 1. The Morgan fingerprint density at radius 2 is 1.96 bits per heavy atom. The number of carbonyl (C=O) groups excluding carboxylic acids is 1. The van der Waals surface area contributed by atoms with Crippen LogP contribution in [-0.2, 0) is 11.8 Å². The van der Waals surface area contributed by atoms with Gasteiger partial charge in [0.25, 0.3) is 0 Å². The van der Waals surface area contributed by atoms with E-state index in [9.17, 15) is 9.18 Å². The Morgan fingerprint density at radius 1 is 1.22 bits per heavy atom. The highest BCUT2D eigenvalue weighted by atomic mass is 32.2. The summed E-state index contributed by atoms with van der Waals surface area (Å²) in [5, 5.41) is 11.7. The minimum Gasteiger partial charge on any atom is -0.497 e. The first-order valence-electron chi connectivity index (χ1n) is 8.20. The second-order valence-corrected chi connectivity index (χ2v) is 6.83. The van der Waals surface area contributed by atoms with Gasteiger partial charge in [-0.15, -0.1) is 10.2 Å². The normalized spacial score (nSPS) is 10.7. The predicted octanol–water partition coefficient (Wildman–Crippen LogP) is 3.67. The molecule has 0 aliphatic rings. The molecule has 0 aliphatic carbocycles. The fourth-order valence-corrected chi connectivity index (χ4v) is 3.19. The maximum absolute atomic E-state index is 13.3. The zero-order chi connectivity index (χ0) is 19.4. The summed E-state index contributed by atoms with van der Waals surface area (Å²) >= 11 is 1.27. The summed E-state index contributed by atoms with van der Waals surface area (Å²) in [6, 6.07) is 11.8. The monoisotopic (exact) mass is 386 g/mol. The number of methoxy groups -OCH3 is 1. The number of nitrogens with one attached hydrogen (secondary N) is 1. The van der Waals surface area contributed by atoms with Gasteiger partial charge >= 0.3 is 0 Å². The van der Waals surface area contributed by atoms with Crippen molar-refractivity contribution < 1.29 is 13.9 Å². The number of rotatable bonds is 6. The quantitative estimate of drug-likeness (QED) is 0.655. The van der Waals surface area contributed by atoms with Crippen molar-refractivity contribution >= 4 is 23.4 Å². The van der Waals surface area contributed by atoms with Crippen LogP contribution >= 0.6 is 11.8 Å². The minimum absolute atomic E-state index is 0.143. The van der Waals surface area contributed by atoms with E-state index in [1.807, 2.05) is 42.8 Å². The van der Waals surface area contributed by atoms with Gasteiger partial charge in [0, 0.05) is 18.3 Å². The van der Waals surface area contributed by atoms with E-state index in [0.29, 0.717) is 16.7 Å². The summed E-state index contributed by atoms with van der Waals surface area (Å²) in [5.41, 5.74) is 2.17. The third-order valence-corrected chi connectivity index (χ3v) is 5.01. The number of thioether (sulfide) groups is 1. The van der Waals surface area contributed by atoms with Gasteiger partial charge in [-0.25, -0.2) is 4.39 Å². The van der Waals surface area contributed by atoms with Crippen molar-refractivity contribution in [2.45, 2.75) is 12.1 Å². The maximum atomic E-state index is 13.3. The molecule has 0 bridgehead atoms. The van der Waals surface area contributed by atoms with Crippen molar-refractivity contribution in [2.75, 3.05) is 18.2 Å². The first kappa shape index (κ1) is 18.9. The van der Waals surface area contributed by atoms with Crippen LogP contribution in [0.1, 0.15) is 5.56 Å². The molecule has 1 heterocycles. The van der Waals surface area contributed by atoms with Crippen LogP contribution in [0.5, 0.6) is 5.75 Å². The number of aryl methyl sites for hydroxylation is 1. The molecule has 1 amide bonds. The minimum atomic E-state index is -0.388. The fraction of sp³-hybridized carbons (Fsp3) is 0.211. The van der Waals surface area contributed by atoms with Crippen LogP contribution in [0, 0.1) is 12.7 Å². The van der Waals surface area contributed by atoms with Gasteiger partial charge in [0.2, 0.25) is 5.91 Å². The van der Waals surface area contributed by atoms with Crippen molar-refractivity contribution in [3.05, 3.63) is 53.8 Å². The summed E-state index contributed by atoms with van der Waals surface area (Å²) < 4.78 is 20.3. The Kier molecular flexibility index (Phi) is 5.75. The summed E-state index contributed by atoms with van der Waals surface area (Å²) in [6.45, 7) is 1.81. The summed E-state index contributed by atoms with van der Waals surface area (Å²) in [7, 11) is 3.46. The number of carbonyl (C=O) groups is 1. The fourth-order valence-electron chi connectivity index (χ4n) is 2.48. The average Bonchev–Trinajstić information content (AvgIpc) is 3.03. The second kappa shape index (κ2) is 8.22. The van der Waals surface area contributed by atoms with E-state index in [4.69, 9.17) is 4.74 Å². The molecule has 0 spiro atoms. The Labute approximate surface area is 160 Å². The smallest absolute Gasteiger partial charge is 0.234 e. The van der Waals surface area contributed by atoms with Crippen LogP contribution in [0.3, 0.4) is 0 Å². The molecule has 0 radical (unpaired) electrons. The number of hydrogen-bond acceptors (Lipinski definition) is 5. The number of anilines is 1. The molecular weight excluding hydrogens is 367 g/mol. The molecule has 0 saturated carbocycles. The Morgan fingerprint density at radius 3 is 2.67 bits per heavy atom. The SMILES string of the molecule is COc1ccc(-c2nnc(SCC(=O)Nc3cc(F)ccc3C)n2C)cc1. The number of ether oxygens (including phenoxy) is 1. The van der Waals surface area contributed by atoms with E-state index in [-0.39, 0.29) is 17.5 Å². The molecule has 8 heteroatoms. The molecule has 6 nitrogen and oxygen atoms in total. The summed E-state index contributed by atoms with van der Waals surface area (Å²) in [4.78, 5) is 12.2. The number of aromatic nitrogens is 3. The third-order valence-electron chi connectivity index (χ3n) is 3.99. The van der Waals surface area contributed by atoms with Gasteiger partial charge in [-0.1, -0.05) is 17.8 Å². The molecule has 27 heavy (non-hydrogen) atoms. The van der Waals surface area contributed by atoms with Gasteiger partial charge in [-0.05, 0) is 48.9 Å². The van der Waals surface area contributed by atoms with Crippen molar-refractivity contribution in [3.8, 4) is 17.1 Å². The molecule has 1 aromatic heterocycles. The first-order valence-corrected chi connectivity index (χ1v) is 9.19. The van der Waals surface area contributed by atoms with Crippen molar-refractivity contribution in [3.63, 3.8) is 0 Å². The average molecular weight is 386 g/mol. The number of benzene rings is 2. The molecule has 2 aromatic carbocycles. The van der Waals surface area contributed by atoms with E-state index >= 15 is 0 Å². The maximum Gasteiger partial charge on any atom is 0.234 e. The van der Waals surface area contributed by atoms with Gasteiger partial charge in [-0.2, -0.15) is 0 Å². The van der Waals surface area contributed by atoms with Gasteiger partial charge in [0.15, 0.2) is 11.0 Å². The zero-order valence-corrected chi connectivity index (χ0v) is 16.0. The van der Waals surface area contributed by atoms with E-state index in [2.05, 4.69) is 15.5 Å². The van der Waals surface area contributed by atoms with Crippen LogP contribution in [0.15, 0.2) is 47.6 Å². The molecule has 0 aliphatic heterocycles. The Bertz CT molecular complexity index is 957. The number of nitrogens with zero attached hydrogens (tertiary/aromatic N) is 3.